The van der Waals surface area contributed by atoms with E-state index in [2.05, 4.69) is 0 Å². The number of thioether (sulfide) groups is 1. The first-order valence-electron chi connectivity index (χ1n) is 6.24. The Balaban J connectivity index is 2.36. The fraction of sp³-hybridized carbons (Fsp3) is 0.133. The summed E-state index contributed by atoms with van der Waals surface area (Å²) in [5.41, 5.74) is 0.380. The molecule has 0 aliphatic carbocycles. The molecule has 5 nitrogen and oxygen atoms in total. The molecule has 6 heteroatoms. The summed E-state index contributed by atoms with van der Waals surface area (Å²) in [6.07, 6.45) is -0.176. The minimum absolute atomic E-state index is 0.0489. The Morgan fingerprint density at radius 2 is 1.76 bits per heavy atom. The summed E-state index contributed by atoms with van der Waals surface area (Å²) in [7, 11) is 0. The van der Waals surface area contributed by atoms with E-state index in [0.717, 1.165) is 4.90 Å². The second kappa shape index (κ2) is 6.90. The molecule has 21 heavy (non-hydrogen) atoms. The van der Waals surface area contributed by atoms with E-state index in [1.165, 1.54) is 17.8 Å². The minimum atomic E-state index is -0.985. The molecule has 0 aliphatic heterocycles. The third-order valence-electron chi connectivity index (χ3n) is 2.86. The monoisotopic (exact) mass is 303 g/mol. The highest BCUT2D eigenvalue weighted by atomic mass is 32.2. The maximum Gasteiger partial charge on any atom is 0.304 e. The molecule has 2 aromatic carbocycles. The van der Waals surface area contributed by atoms with Crippen LogP contribution in [-0.2, 0) is 4.79 Å². The lowest BCUT2D eigenvalue weighted by Crippen LogP contribution is -2.06. The van der Waals surface area contributed by atoms with Crippen LogP contribution in [0.3, 0.4) is 0 Å². The molecule has 0 saturated carbocycles. The molecule has 0 saturated heterocycles. The van der Waals surface area contributed by atoms with Crippen molar-refractivity contribution in [1.82, 2.24) is 0 Å². The molecule has 2 aromatic rings. The molecule has 0 spiro atoms. The van der Waals surface area contributed by atoms with Crippen molar-refractivity contribution in [3.05, 3.63) is 70.3 Å². The number of carboxylic acids is 1. The molecule has 1 unspecified atom stereocenters. The van der Waals surface area contributed by atoms with Crippen molar-refractivity contribution < 1.29 is 14.8 Å². The van der Waals surface area contributed by atoms with Gasteiger partial charge in [-0.05, 0) is 12.1 Å². The highest BCUT2D eigenvalue weighted by molar-refractivity contribution is 7.99. The van der Waals surface area contributed by atoms with E-state index < -0.39 is 16.1 Å². The van der Waals surface area contributed by atoms with Crippen LogP contribution in [0, 0.1) is 10.1 Å². The number of carboxylic acid groups (broad SMARTS) is 1. The number of carbonyl (C=O) groups is 1. The molecule has 0 amide bonds. The lowest BCUT2D eigenvalue weighted by atomic mass is 10.1. The van der Waals surface area contributed by atoms with Gasteiger partial charge in [0.25, 0.3) is 5.69 Å². The van der Waals surface area contributed by atoms with E-state index in [4.69, 9.17) is 5.11 Å². The topological polar surface area (TPSA) is 80.4 Å². The fourth-order valence-electron chi connectivity index (χ4n) is 1.96. The SMILES string of the molecule is O=C(O)CC(Sc1ccccc1)c1ccccc1[N+](=O)[O-]. The number of nitro benzene ring substituents is 1. The lowest BCUT2D eigenvalue weighted by Gasteiger charge is -2.15. The maximum absolute atomic E-state index is 11.1. The van der Waals surface area contributed by atoms with Crippen LogP contribution >= 0.6 is 11.8 Å². The van der Waals surface area contributed by atoms with Gasteiger partial charge in [0, 0.05) is 16.5 Å². The van der Waals surface area contributed by atoms with Crippen LogP contribution in [0.5, 0.6) is 0 Å². The Labute approximate surface area is 125 Å². The predicted molar refractivity (Wildman–Crippen MR) is 80.4 cm³/mol. The second-order valence-corrected chi connectivity index (χ2v) is 5.61. The molecule has 0 radical (unpaired) electrons. The van der Waals surface area contributed by atoms with Crippen LogP contribution in [-0.4, -0.2) is 16.0 Å². The first-order chi connectivity index (χ1) is 10.1. The van der Waals surface area contributed by atoms with E-state index >= 15 is 0 Å². The zero-order valence-corrected chi connectivity index (χ0v) is 11.8. The van der Waals surface area contributed by atoms with Crippen molar-refractivity contribution in [2.75, 3.05) is 0 Å². The summed E-state index contributed by atoms with van der Waals surface area (Å²) in [6, 6.07) is 15.5. The molecular formula is C15H13NO4S. The Kier molecular flexibility index (Phi) is 4.94. The first kappa shape index (κ1) is 15.1. The third-order valence-corrected chi connectivity index (χ3v) is 4.11. The van der Waals surface area contributed by atoms with Gasteiger partial charge in [-0.2, -0.15) is 0 Å². The van der Waals surface area contributed by atoms with Crippen molar-refractivity contribution in [2.24, 2.45) is 0 Å². The quantitative estimate of drug-likeness (QED) is 0.497. The summed E-state index contributed by atoms with van der Waals surface area (Å²) in [4.78, 5) is 22.6. The van der Waals surface area contributed by atoms with Gasteiger partial charge >= 0.3 is 5.97 Å². The van der Waals surface area contributed by atoms with Crippen LogP contribution < -0.4 is 0 Å². The number of aliphatic carboxylic acids is 1. The van der Waals surface area contributed by atoms with E-state index in [-0.39, 0.29) is 12.1 Å². The molecule has 1 atom stereocenters. The number of para-hydroxylation sites is 1. The number of benzene rings is 2. The zero-order valence-electron chi connectivity index (χ0n) is 11.0. The van der Waals surface area contributed by atoms with Crippen LogP contribution in [0.15, 0.2) is 59.5 Å². The Hall–Kier alpha value is -2.34. The van der Waals surface area contributed by atoms with Gasteiger partial charge in [-0.25, -0.2) is 0 Å². The van der Waals surface area contributed by atoms with Crippen LogP contribution in [0.25, 0.3) is 0 Å². The number of rotatable bonds is 6. The summed E-state index contributed by atoms with van der Waals surface area (Å²) in [6.45, 7) is 0. The smallest absolute Gasteiger partial charge is 0.304 e. The van der Waals surface area contributed by atoms with Gasteiger partial charge in [0.2, 0.25) is 0 Å². The zero-order chi connectivity index (χ0) is 15.2. The van der Waals surface area contributed by atoms with Crippen LogP contribution in [0.1, 0.15) is 17.2 Å². The minimum Gasteiger partial charge on any atom is -0.481 e. The molecule has 0 heterocycles. The van der Waals surface area contributed by atoms with E-state index in [1.54, 1.807) is 18.2 Å². The highest BCUT2D eigenvalue weighted by Gasteiger charge is 2.24. The number of hydrogen-bond acceptors (Lipinski definition) is 4. The summed E-state index contributed by atoms with van der Waals surface area (Å²) >= 11 is 1.32. The Bertz CT molecular complexity index is 645. The Morgan fingerprint density at radius 1 is 1.14 bits per heavy atom. The predicted octanol–water partition coefficient (Wildman–Crippen LogP) is 3.90. The third kappa shape index (κ3) is 4.06. The molecule has 1 N–H and O–H groups in total. The van der Waals surface area contributed by atoms with Crippen LogP contribution in [0.4, 0.5) is 5.69 Å². The largest absolute Gasteiger partial charge is 0.481 e. The van der Waals surface area contributed by atoms with Crippen molar-refractivity contribution >= 4 is 23.4 Å². The highest BCUT2D eigenvalue weighted by Crippen LogP contribution is 2.41. The normalized spacial score (nSPS) is 11.8. The van der Waals surface area contributed by atoms with Crippen molar-refractivity contribution in [2.45, 2.75) is 16.6 Å². The van der Waals surface area contributed by atoms with E-state index in [0.29, 0.717) is 5.56 Å². The van der Waals surface area contributed by atoms with Gasteiger partial charge in [-0.1, -0.05) is 36.4 Å². The van der Waals surface area contributed by atoms with Gasteiger partial charge in [0.1, 0.15) is 0 Å². The number of nitro groups is 1. The number of nitrogens with zero attached hydrogens (tertiary/aromatic N) is 1. The van der Waals surface area contributed by atoms with E-state index in [1.807, 2.05) is 30.3 Å². The van der Waals surface area contributed by atoms with Crippen LogP contribution in [0.2, 0.25) is 0 Å². The Morgan fingerprint density at radius 3 is 2.38 bits per heavy atom. The van der Waals surface area contributed by atoms with Crippen molar-refractivity contribution in [3.8, 4) is 0 Å². The maximum atomic E-state index is 11.1. The molecule has 2 rings (SSSR count). The van der Waals surface area contributed by atoms with Crippen molar-refractivity contribution in [1.29, 1.82) is 0 Å². The summed E-state index contributed by atoms with van der Waals surface area (Å²) < 4.78 is 0. The van der Waals surface area contributed by atoms with E-state index in [9.17, 15) is 14.9 Å². The standard InChI is InChI=1S/C15H13NO4S/c17-15(18)10-14(21-11-6-2-1-3-7-11)12-8-4-5-9-13(12)16(19)20/h1-9,14H,10H2,(H,17,18). The van der Waals surface area contributed by atoms with Crippen molar-refractivity contribution in [3.63, 3.8) is 0 Å². The van der Waals surface area contributed by atoms with Gasteiger partial charge in [0.05, 0.1) is 16.6 Å². The molecule has 0 aromatic heterocycles. The van der Waals surface area contributed by atoms with Gasteiger partial charge in [0.15, 0.2) is 0 Å². The molecular weight excluding hydrogens is 290 g/mol. The first-order valence-corrected chi connectivity index (χ1v) is 7.12. The molecule has 0 fully saturated rings. The van der Waals surface area contributed by atoms with Gasteiger partial charge in [-0.15, -0.1) is 11.8 Å². The van der Waals surface area contributed by atoms with Gasteiger partial charge in [-0.3, -0.25) is 14.9 Å². The fourth-order valence-corrected chi connectivity index (χ4v) is 3.16. The summed E-state index contributed by atoms with van der Waals surface area (Å²) in [5, 5.41) is 19.7. The average molecular weight is 303 g/mol. The average Bonchev–Trinajstić information content (AvgIpc) is 2.47. The summed E-state index contributed by atoms with van der Waals surface area (Å²) in [5.74, 6) is -0.985. The second-order valence-electron chi connectivity index (χ2n) is 4.33. The lowest BCUT2D eigenvalue weighted by molar-refractivity contribution is -0.385. The molecule has 0 bridgehead atoms. The number of hydrogen-bond donors (Lipinski definition) is 1. The van der Waals surface area contributed by atoms with Gasteiger partial charge < -0.3 is 5.11 Å². The molecule has 0 aliphatic rings. The molecule has 108 valence electrons.